The predicted molar refractivity (Wildman–Crippen MR) is 113 cm³/mol. The van der Waals surface area contributed by atoms with Crippen molar-refractivity contribution in [1.82, 2.24) is 9.88 Å². The molecule has 1 aliphatic heterocycles. The van der Waals surface area contributed by atoms with E-state index in [-0.39, 0.29) is 23.3 Å². The standard InChI is InChI=1S/C22H24N2O6S/c25-17-6-4-5-15(11-17)21-13-16(24-30-21)12-18-9-10-20(26)22(29-18)14-23-31(27,28)19-7-2-1-3-8-19/h1-8,11,13,18,20,22-23,25-26H,9-10,12,14H2/t18-,20-,22+/m0/s1. The summed E-state index contributed by atoms with van der Waals surface area (Å²) in [5.41, 5.74) is 1.40. The van der Waals surface area contributed by atoms with Crippen molar-refractivity contribution < 1.29 is 27.9 Å². The molecule has 0 radical (unpaired) electrons. The highest BCUT2D eigenvalue weighted by atomic mass is 32.2. The van der Waals surface area contributed by atoms with Gasteiger partial charge in [0.25, 0.3) is 0 Å². The smallest absolute Gasteiger partial charge is 0.240 e. The Balaban J connectivity index is 1.37. The number of aliphatic hydroxyl groups is 1. The second-order valence-corrected chi connectivity index (χ2v) is 9.31. The molecule has 0 spiro atoms. The van der Waals surface area contributed by atoms with Crippen LogP contribution in [0.3, 0.4) is 0 Å². The largest absolute Gasteiger partial charge is 0.508 e. The van der Waals surface area contributed by atoms with E-state index in [1.54, 1.807) is 42.5 Å². The highest BCUT2D eigenvalue weighted by Gasteiger charge is 2.31. The Morgan fingerprint density at radius 3 is 2.65 bits per heavy atom. The molecule has 0 aliphatic carbocycles. The molecule has 3 N–H and O–H groups in total. The lowest BCUT2D eigenvalue weighted by atomic mass is 9.98. The van der Waals surface area contributed by atoms with Gasteiger partial charge in [0.05, 0.1) is 28.9 Å². The van der Waals surface area contributed by atoms with Crippen LogP contribution in [0.15, 0.2) is 70.1 Å². The zero-order valence-electron chi connectivity index (χ0n) is 16.7. The maximum Gasteiger partial charge on any atom is 0.240 e. The highest BCUT2D eigenvalue weighted by molar-refractivity contribution is 7.89. The Labute approximate surface area is 180 Å². The van der Waals surface area contributed by atoms with Crippen LogP contribution in [0.1, 0.15) is 18.5 Å². The summed E-state index contributed by atoms with van der Waals surface area (Å²) in [6.07, 6.45) is -0.0463. The molecule has 1 aromatic heterocycles. The third-order valence-electron chi connectivity index (χ3n) is 5.24. The first-order valence-electron chi connectivity index (χ1n) is 10.0. The Morgan fingerprint density at radius 1 is 1.06 bits per heavy atom. The summed E-state index contributed by atoms with van der Waals surface area (Å²) in [6, 6.07) is 16.6. The van der Waals surface area contributed by atoms with Crippen LogP contribution in [0.5, 0.6) is 5.75 Å². The number of benzene rings is 2. The Bertz CT molecular complexity index is 1120. The van der Waals surface area contributed by atoms with E-state index in [2.05, 4.69) is 9.88 Å². The van der Waals surface area contributed by atoms with Crippen molar-refractivity contribution in [2.45, 2.75) is 42.5 Å². The number of nitrogens with zero attached hydrogens (tertiary/aromatic N) is 1. The van der Waals surface area contributed by atoms with Crippen molar-refractivity contribution in [2.24, 2.45) is 0 Å². The number of aromatic hydroxyl groups is 1. The van der Waals surface area contributed by atoms with Gasteiger partial charge in [-0.15, -0.1) is 0 Å². The average Bonchev–Trinajstić information content (AvgIpc) is 3.23. The minimum absolute atomic E-state index is 0.0255. The molecule has 164 valence electrons. The Morgan fingerprint density at radius 2 is 1.87 bits per heavy atom. The Kier molecular flexibility index (Phi) is 6.38. The van der Waals surface area contributed by atoms with E-state index in [1.165, 1.54) is 12.1 Å². The second-order valence-electron chi connectivity index (χ2n) is 7.54. The lowest BCUT2D eigenvalue weighted by Crippen LogP contribution is -2.46. The monoisotopic (exact) mass is 444 g/mol. The molecule has 0 saturated carbocycles. The molecule has 8 nitrogen and oxygen atoms in total. The van der Waals surface area contributed by atoms with Gasteiger partial charge in [-0.3, -0.25) is 0 Å². The fraction of sp³-hybridized carbons (Fsp3) is 0.318. The molecule has 0 bridgehead atoms. The van der Waals surface area contributed by atoms with Gasteiger partial charge < -0.3 is 19.5 Å². The molecular weight excluding hydrogens is 420 g/mol. The van der Waals surface area contributed by atoms with Crippen LogP contribution >= 0.6 is 0 Å². The number of rotatable bonds is 7. The van der Waals surface area contributed by atoms with Crippen molar-refractivity contribution in [3.05, 3.63) is 66.4 Å². The molecule has 4 rings (SSSR count). The predicted octanol–water partition coefficient (Wildman–Crippen LogP) is 2.48. The van der Waals surface area contributed by atoms with Gasteiger partial charge in [-0.25, -0.2) is 13.1 Å². The topological polar surface area (TPSA) is 122 Å². The van der Waals surface area contributed by atoms with E-state index < -0.39 is 22.2 Å². The molecule has 1 fully saturated rings. The number of hydrogen-bond donors (Lipinski definition) is 3. The van der Waals surface area contributed by atoms with Crippen molar-refractivity contribution in [3.63, 3.8) is 0 Å². The molecular formula is C22H24N2O6S. The second kappa shape index (κ2) is 9.19. The fourth-order valence-electron chi connectivity index (χ4n) is 3.59. The number of sulfonamides is 1. The number of phenols is 1. The number of aliphatic hydroxyl groups excluding tert-OH is 1. The molecule has 31 heavy (non-hydrogen) atoms. The SMILES string of the molecule is O=S(=O)(NC[C@H]1O[C@H](Cc2cc(-c3cccc(O)c3)on2)CC[C@@H]1O)c1ccccc1. The summed E-state index contributed by atoms with van der Waals surface area (Å²) in [5.74, 6) is 0.676. The molecule has 3 aromatic rings. The summed E-state index contributed by atoms with van der Waals surface area (Å²) in [5, 5.41) is 24.0. The number of aromatic nitrogens is 1. The molecule has 1 saturated heterocycles. The fourth-order valence-corrected chi connectivity index (χ4v) is 4.66. The highest BCUT2D eigenvalue weighted by Crippen LogP contribution is 2.27. The van der Waals surface area contributed by atoms with Gasteiger partial charge in [-0.1, -0.05) is 35.5 Å². The zero-order chi connectivity index (χ0) is 21.8. The summed E-state index contributed by atoms with van der Waals surface area (Å²) in [6.45, 7) is -0.0255. The van der Waals surface area contributed by atoms with Gasteiger partial charge in [0.15, 0.2) is 5.76 Å². The minimum atomic E-state index is -3.68. The lowest BCUT2D eigenvalue weighted by molar-refractivity contribution is -0.113. The molecule has 0 amide bonds. The first kappa shape index (κ1) is 21.5. The van der Waals surface area contributed by atoms with Crippen molar-refractivity contribution in [1.29, 1.82) is 0 Å². The van der Waals surface area contributed by atoms with Gasteiger partial charge in [0, 0.05) is 24.6 Å². The van der Waals surface area contributed by atoms with E-state index >= 15 is 0 Å². The van der Waals surface area contributed by atoms with Gasteiger partial charge in [-0.2, -0.15) is 0 Å². The van der Waals surface area contributed by atoms with Crippen LogP contribution in [0, 0.1) is 0 Å². The van der Waals surface area contributed by atoms with Crippen LogP contribution in [0.2, 0.25) is 0 Å². The van der Waals surface area contributed by atoms with E-state index in [4.69, 9.17) is 9.26 Å². The third-order valence-corrected chi connectivity index (χ3v) is 6.67. The van der Waals surface area contributed by atoms with Crippen molar-refractivity contribution >= 4 is 10.0 Å². The summed E-state index contributed by atoms with van der Waals surface area (Å²) < 4.78 is 38.7. The van der Waals surface area contributed by atoms with Gasteiger partial charge in [-0.05, 0) is 37.1 Å². The molecule has 3 atom stereocenters. The summed E-state index contributed by atoms with van der Waals surface area (Å²) in [4.78, 5) is 0.166. The summed E-state index contributed by atoms with van der Waals surface area (Å²) in [7, 11) is -3.68. The maximum absolute atomic E-state index is 12.4. The van der Waals surface area contributed by atoms with Crippen LogP contribution in [-0.4, -0.2) is 48.6 Å². The molecule has 1 aliphatic rings. The van der Waals surface area contributed by atoms with Gasteiger partial charge >= 0.3 is 0 Å². The normalized spacial score (nSPS) is 21.8. The third kappa shape index (κ3) is 5.31. The van der Waals surface area contributed by atoms with Crippen LogP contribution in [-0.2, 0) is 21.2 Å². The first-order valence-corrected chi connectivity index (χ1v) is 11.5. The molecule has 2 aromatic carbocycles. The average molecular weight is 445 g/mol. The number of phenolic OH excluding ortho intramolecular Hbond substituents is 1. The van der Waals surface area contributed by atoms with Gasteiger partial charge in [0.1, 0.15) is 5.75 Å². The first-order chi connectivity index (χ1) is 14.9. The quantitative estimate of drug-likeness (QED) is 0.512. The lowest BCUT2D eigenvalue weighted by Gasteiger charge is -2.33. The number of nitrogens with one attached hydrogen (secondary N) is 1. The number of ether oxygens (including phenoxy) is 1. The van der Waals surface area contributed by atoms with E-state index in [0.29, 0.717) is 36.3 Å². The number of hydrogen-bond acceptors (Lipinski definition) is 7. The van der Waals surface area contributed by atoms with E-state index in [0.717, 1.165) is 0 Å². The van der Waals surface area contributed by atoms with E-state index in [9.17, 15) is 18.6 Å². The maximum atomic E-state index is 12.4. The van der Waals surface area contributed by atoms with Crippen LogP contribution in [0.25, 0.3) is 11.3 Å². The van der Waals surface area contributed by atoms with Crippen LogP contribution in [0.4, 0.5) is 0 Å². The van der Waals surface area contributed by atoms with Crippen LogP contribution < -0.4 is 4.72 Å². The zero-order valence-corrected chi connectivity index (χ0v) is 17.5. The molecule has 9 heteroatoms. The van der Waals surface area contributed by atoms with E-state index in [1.807, 2.05) is 6.07 Å². The van der Waals surface area contributed by atoms with Crippen molar-refractivity contribution in [2.75, 3.05) is 6.54 Å². The van der Waals surface area contributed by atoms with Gasteiger partial charge in [0.2, 0.25) is 10.0 Å². The molecule has 2 heterocycles. The van der Waals surface area contributed by atoms with Crippen molar-refractivity contribution in [3.8, 4) is 17.1 Å². The minimum Gasteiger partial charge on any atom is -0.508 e. The Hall–Kier alpha value is -2.72. The summed E-state index contributed by atoms with van der Waals surface area (Å²) >= 11 is 0. The molecule has 0 unspecified atom stereocenters.